The van der Waals surface area contributed by atoms with Crippen LogP contribution in [0.25, 0.3) is 0 Å². The van der Waals surface area contributed by atoms with Crippen molar-refractivity contribution in [3.8, 4) is 5.75 Å². The second-order valence-electron chi connectivity index (χ2n) is 5.97. The van der Waals surface area contributed by atoms with Crippen molar-refractivity contribution in [1.82, 2.24) is 5.32 Å². The molecule has 1 amide bonds. The van der Waals surface area contributed by atoms with Gasteiger partial charge in [0.15, 0.2) is 0 Å². The Hall–Kier alpha value is -3.05. The predicted molar refractivity (Wildman–Crippen MR) is 101 cm³/mol. The highest BCUT2D eigenvalue weighted by Crippen LogP contribution is 2.17. The van der Waals surface area contributed by atoms with Gasteiger partial charge in [0.25, 0.3) is 0 Å². The monoisotopic (exact) mass is 350 g/mol. The molecule has 1 aromatic heterocycles. The number of nitrogens with one attached hydrogen (secondary N) is 2. The van der Waals surface area contributed by atoms with Crippen molar-refractivity contribution in [2.24, 2.45) is 0 Å². The van der Waals surface area contributed by atoms with Crippen molar-refractivity contribution < 1.29 is 13.9 Å². The van der Waals surface area contributed by atoms with E-state index in [4.69, 9.17) is 9.15 Å². The van der Waals surface area contributed by atoms with Crippen LogP contribution in [0.4, 0.5) is 5.69 Å². The highest BCUT2D eigenvalue weighted by Gasteiger charge is 2.13. The summed E-state index contributed by atoms with van der Waals surface area (Å²) in [6, 6.07) is 20.7. The van der Waals surface area contributed by atoms with E-state index in [1.165, 1.54) is 0 Å². The molecule has 2 aromatic carbocycles. The number of rotatable bonds is 8. The van der Waals surface area contributed by atoms with E-state index in [-0.39, 0.29) is 11.9 Å². The van der Waals surface area contributed by atoms with Crippen molar-refractivity contribution in [3.63, 3.8) is 0 Å². The number of carbonyl (C=O) groups excluding carboxylic acids is 1. The molecule has 5 heteroatoms. The lowest BCUT2D eigenvalue weighted by Gasteiger charge is -2.13. The lowest BCUT2D eigenvalue weighted by atomic mass is 10.2. The molecule has 134 valence electrons. The number of carbonyl (C=O) groups is 1. The van der Waals surface area contributed by atoms with Gasteiger partial charge < -0.3 is 14.5 Å². The van der Waals surface area contributed by atoms with E-state index in [1.54, 1.807) is 6.26 Å². The average Bonchev–Trinajstić information content (AvgIpc) is 3.20. The second kappa shape index (κ2) is 8.87. The summed E-state index contributed by atoms with van der Waals surface area (Å²) in [5, 5.41) is 6.01. The molecule has 1 atom stereocenters. The summed E-state index contributed by atoms with van der Waals surface area (Å²) < 4.78 is 11.0. The molecule has 5 nitrogen and oxygen atoms in total. The molecule has 0 aliphatic carbocycles. The van der Waals surface area contributed by atoms with Crippen LogP contribution in [0.2, 0.25) is 0 Å². The van der Waals surface area contributed by atoms with Crippen molar-refractivity contribution in [1.29, 1.82) is 0 Å². The number of anilines is 1. The smallest absolute Gasteiger partial charge is 0.241 e. The topological polar surface area (TPSA) is 63.5 Å². The Labute approximate surface area is 153 Å². The third-order valence-electron chi connectivity index (χ3n) is 3.93. The van der Waals surface area contributed by atoms with Crippen LogP contribution in [0.15, 0.2) is 77.4 Å². The lowest BCUT2D eigenvalue weighted by molar-refractivity contribution is -0.117. The molecule has 2 N–H and O–H groups in total. The van der Waals surface area contributed by atoms with Crippen molar-refractivity contribution in [2.45, 2.75) is 26.1 Å². The van der Waals surface area contributed by atoms with Crippen molar-refractivity contribution in [3.05, 3.63) is 84.3 Å². The van der Waals surface area contributed by atoms with Gasteiger partial charge in [0.2, 0.25) is 5.91 Å². The summed E-state index contributed by atoms with van der Waals surface area (Å²) in [7, 11) is 0. The first-order chi connectivity index (χ1) is 12.7. The van der Waals surface area contributed by atoms with Crippen LogP contribution in [-0.2, 0) is 17.9 Å². The SMILES string of the molecule is CC(NCc1ccco1)C(=O)Nc1ccc(OCc2ccccc2)cc1. The van der Waals surface area contributed by atoms with Gasteiger partial charge in [0, 0.05) is 5.69 Å². The van der Waals surface area contributed by atoms with Crippen LogP contribution in [0, 0.1) is 0 Å². The van der Waals surface area contributed by atoms with Gasteiger partial charge in [-0.3, -0.25) is 10.1 Å². The van der Waals surface area contributed by atoms with E-state index in [0.29, 0.717) is 13.2 Å². The normalized spacial score (nSPS) is 11.7. The first-order valence-corrected chi connectivity index (χ1v) is 8.54. The summed E-state index contributed by atoms with van der Waals surface area (Å²) in [5.74, 6) is 1.45. The van der Waals surface area contributed by atoms with E-state index in [1.807, 2.05) is 73.7 Å². The fourth-order valence-electron chi connectivity index (χ4n) is 2.39. The average molecular weight is 350 g/mol. The molecule has 0 radical (unpaired) electrons. The molecule has 1 unspecified atom stereocenters. The molecule has 3 aromatic rings. The minimum atomic E-state index is -0.339. The third-order valence-corrected chi connectivity index (χ3v) is 3.93. The van der Waals surface area contributed by atoms with E-state index < -0.39 is 0 Å². The zero-order valence-electron chi connectivity index (χ0n) is 14.6. The van der Waals surface area contributed by atoms with E-state index in [9.17, 15) is 4.79 Å². The van der Waals surface area contributed by atoms with Gasteiger partial charge in [-0.15, -0.1) is 0 Å². The molecule has 0 bridgehead atoms. The largest absolute Gasteiger partial charge is 0.489 e. The van der Waals surface area contributed by atoms with Crippen molar-refractivity contribution >= 4 is 11.6 Å². The summed E-state index contributed by atoms with van der Waals surface area (Å²) in [6.07, 6.45) is 1.61. The number of furan rings is 1. The number of hydrogen-bond acceptors (Lipinski definition) is 4. The third kappa shape index (κ3) is 5.22. The highest BCUT2D eigenvalue weighted by atomic mass is 16.5. The Kier molecular flexibility index (Phi) is 6.06. The Morgan fingerprint density at radius 2 is 1.81 bits per heavy atom. The molecule has 0 aliphatic heterocycles. The number of ether oxygens (including phenoxy) is 1. The highest BCUT2D eigenvalue weighted by molar-refractivity contribution is 5.94. The zero-order chi connectivity index (χ0) is 18.2. The number of benzene rings is 2. The van der Waals surface area contributed by atoms with Crippen LogP contribution < -0.4 is 15.4 Å². The second-order valence-corrected chi connectivity index (χ2v) is 5.97. The van der Waals surface area contributed by atoms with E-state index >= 15 is 0 Å². The maximum Gasteiger partial charge on any atom is 0.241 e. The molecule has 3 rings (SSSR count). The maximum atomic E-state index is 12.2. The van der Waals surface area contributed by atoms with Crippen LogP contribution in [0.5, 0.6) is 5.75 Å². The van der Waals surface area contributed by atoms with Gasteiger partial charge >= 0.3 is 0 Å². The van der Waals surface area contributed by atoms with Gasteiger partial charge in [0.1, 0.15) is 18.1 Å². The standard InChI is InChI=1S/C21H22N2O3/c1-16(22-14-20-8-5-13-25-20)21(24)23-18-9-11-19(12-10-18)26-15-17-6-3-2-4-7-17/h2-13,16,22H,14-15H2,1H3,(H,23,24). The van der Waals surface area contributed by atoms with Gasteiger partial charge in [-0.25, -0.2) is 0 Å². The van der Waals surface area contributed by atoms with Crippen LogP contribution in [-0.4, -0.2) is 11.9 Å². The predicted octanol–water partition coefficient (Wildman–Crippen LogP) is 3.98. The fourth-order valence-corrected chi connectivity index (χ4v) is 2.39. The molecule has 1 heterocycles. The Morgan fingerprint density at radius 1 is 1.04 bits per heavy atom. The Balaban J connectivity index is 1.46. The Bertz CT molecular complexity index is 799. The summed E-state index contributed by atoms with van der Waals surface area (Å²) in [6.45, 7) is 2.84. The van der Waals surface area contributed by atoms with Gasteiger partial charge in [0.05, 0.1) is 18.8 Å². The molecule has 0 saturated carbocycles. The summed E-state index contributed by atoms with van der Waals surface area (Å²) in [4.78, 5) is 12.2. The number of amides is 1. The minimum absolute atomic E-state index is 0.102. The lowest BCUT2D eigenvalue weighted by Crippen LogP contribution is -2.37. The zero-order valence-corrected chi connectivity index (χ0v) is 14.6. The quantitative estimate of drug-likeness (QED) is 0.645. The maximum absolute atomic E-state index is 12.2. The van der Waals surface area contributed by atoms with Crippen LogP contribution >= 0.6 is 0 Å². The van der Waals surface area contributed by atoms with E-state index in [0.717, 1.165) is 22.8 Å². The van der Waals surface area contributed by atoms with Gasteiger partial charge in [-0.2, -0.15) is 0 Å². The molecule has 0 fully saturated rings. The first-order valence-electron chi connectivity index (χ1n) is 8.54. The molecular formula is C21H22N2O3. The number of hydrogen-bond donors (Lipinski definition) is 2. The first kappa shape index (κ1) is 17.8. The van der Waals surface area contributed by atoms with Gasteiger partial charge in [-0.1, -0.05) is 30.3 Å². The Morgan fingerprint density at radius 3 is 2.50 bits per heavy atom. The van der Waals surface area contributed by atoms with Gasteiger partial charge in [-0.05, 0) is 48.9 Å². The molecule has 0 aliphatic rings. The molecule has 0 saturated heterocycles. The van der Waals surface area contributed by atoms with Crippen LogP contribution in [0.3, 0.4) is 0 Å². The molecule has 26 heavy (non-hydrogen) atoms. The summed E-state index contributed by atoms with van der Waals surface area (Å²) in [5.41, 5.74) is 1.84. The van der Waals surface area contributed by atoms with E-state index in [2.05, 4.69) is 10.6 Å². The minimum Gasteiger partial charge on any atom is -0.489 e. The van der Waals surface area contributed by atoms with Crippen LogP contribution in [0.1, 0.15) is 18.2 Å². The molecule has 0 spiro atoms. The van der Waals surface area contributed by atoms with Crippen molar-refractivity contribution in [2.75, 3.05) is 5.32 Å². The fraction of sp³-hybridized carbons (Fsp3) is 0.190. The summed E-state index contributed by atoms with van der Waals surface area (Å²) >= 11 is 0. The molecular weight excluding hydrogens is 328 g/mol.